The number of ether oxygens (including phenoxy) is 1. The molecule has 0 saturated heterocycles. The second kappa shape index (κ2) is 4.13. The van der Waals surface area contributed by atoms with Crippen LogP contribution in [0.1, 0.15) is 13.8 Å². The van der Waals surface area contributed by atoms with E-state index < -0.39 is 0 Å². The smallest absolute Gasteiger partial charge is 0.0636 e. The maximum atomic E-state index is 5.52. The van der Waals surface area contributed by atoms with Crippen molar-refractivity contribution in [3.05, 3.63) is 0 Å². The van der Waals surface area contributed by atoms with E-state index in [-0.39, 0.29) is 17.9 Å². The summed E-state index contributed by atoms with van der Waals surface area (Å²) in [5, 5.41) is 0. The van der Waals surface area contributed by atoms with Gasteiger partial charge in [-0.15, -0.1) is 12.4 Å². The van der Waals surface area contributed by atoms with Gasteiger partial charge in [-0.2, -0.15) is 0 Å². The normalized spacial score (nSPS) is 10.5. The first kappa shape index (κ1) is 11.1. The van der Waals surface area contributed by atoms with Crippen LogP contribution in [0.3, 0.4) is 0 Å². The lowest BCUT2D eigenvalue weighted by Gasteiger charge is -2.15. The van der Waals surface area contributed by atoms with Crippen molar-refractivity contribution in [2.45, 2.75) is 19.4 Å². The fraction of sp³-hybridized carbons (Fsp3) is 1.00. The van der Waals surface area contributed by atoms with Gasteiger partial charge in [-0.05, 0) is 13.8 Å². The van der Waals surface area contributed by atoms with E-state index >= 15 is 0 Å². The molecule has 2 N–H and O–H groups in total. The van der Waals surface area contributed by atoms with Gasteiger partial charge in [-0.25, -0.2) is 0 Å². The molecule has 8 heavy (non-hydrogen) atoms. The zero-order chi connectivity index (χ0) is 5.91. The first-order valence-corrected chi connectivity index (χ1v) is 2.34. The van der Waals surface area contributed by atoms with E-state index in [2.05, 4.69) is 0 Å². The molecular formula is C5H14ClNO. The molecule has 2 nitrogen and oxygen atoms in total. The van der Waals surface area contributed by atoms with E-state index in [0.717, 1.165) is 0 Å². The van der Waals surface area contributed by atoms with Crippen molar-refractivity contribution < 1.29 is 4.74 Å². The summed E-state index contributed by atoms with van der Waals surface area (Å²) in [5.74, 6) is 0. The molecule has 0 aromatic heterocycles. The SMILES string of the molecule is COCC(C)(C)N.Cl. The molecule has 0 aliphatic heterocycles. The van der Waals surface area contributed by atoms with Gasteiger partial charge in [0.15, 0.2) is 0 Å². The molecule has 0 rings (SSSR count). The summed E-state index contributed by atoms with van der Waals surface area (Å²) in [6.07, 6.45) is 0. The quantitative estimate of drug-likeness (QED) is 0.614. The summed E-state index contributed by atoms with van der Waals surface area (Å²) in [6, 6.07) is 0. The summed E-state index contributed by atoms with van der Waals surface area (Å²) in [5.41, 5.74) is 5.35. The molecule has 0 bridgehead atoms. The van der Waals surface area contributed by atoms with Crippen molar-refractivity contribution in [2.75, 3.05) is 13.7 Å². The second-order valence-electron chi connectivity index (χ2n) is 2.42. The summed E-state index contributed by atoms with van der Waals surface area (Å²) in [6.45, 7) is 4.47. The lowest BCUT2D eigenvalue weighted by Crippen LogP contribution is -2.36. The standard InChI is InChI=1S/C5H13NO.ClH/c1-5(2,6)4-7-3;/h4,6H2,1-3H3;1H. The van der Waals surface area contributed by atoms with Gasteiger partial charge in [0.1, 0.15) is 0 Å². The predicted octanol–water partition coefficient (Wildman–Crippen LogP) is 0.792. The second-order valence-corrected chi connectivity index (χ2v) is 2.42. The molecule has 0 heterocycles. The number of methoxy groups -OCH3 is 1. The van der Waals surface area contributed by atoms with Gasteiger partial charge in [-0.3, -0.25) is 0 Å². The Labute approximate surface area is 56.8 Å². The zero-order valence-corrected chi connectivity index (χ0v) is 6.42. The van der Waals surface area contributed by atoms with Crippen molar-refractivity contribution in [3.8, 4) is 0 Å². The molecule has 52 valence electrons. The minimum atomic E-state index is -0.172. The largest absolute Gasteiger partial charge is 0.383 e. The van der Waals surface area contributed by atoms with Crippen LogP contribution in [-0.2, 0) is 4.74 Å². The van der Waals surface area contributed by atoms with Gasteiger partial charge in [0, 0.05) is 12.6 Å². The van der Waals surface area contributed by atoms with E-state index in [1.54, 1.807) is 7.11 Å². The predicted molar refractivity (Wildman–Crippen MR) is 37.4 cm³/mol. The minimum Gasteiger partial charge on any atom is -0.383 e. The third-order valence-electron chi connectivity index (χ3n) is 0.516. The van der Waals surface area contributed by atoms with Crippen molar-refractivity contribution in [3.63, 3.8) is 0 Å². The first-order valence-electron chi connectivity index (χ1n) is 2.34. The monoisotopic (exact) mass is 139 g/mol. The van der Waals surface area contributed by atoms with Crippen molar-refractivity contribution in [2.24, 2.45) is 5.73 Å². The average molecular weight is 140 g/mol. The van der Waals surface area contributed by atoms with Crippen LogP contribution in [0.4, 0.5) is 0 Å². The third-order valence-corrected chi connectivity index (χ3v) is 0.516. The van der Waals surface area contributed by atoms with Crippen molar-refractivity contribution in [1.29, 1.82) is 0 Å². The highest BCUT2D eigenvalue weighted by Crippen LogP contribution is 1.93. The van der Waals surface area contributed by atoms with Gasteiger partial charge in [0.05, 0.1) is 6.61 Å². The van der Waals surface area contributed by atoms with Gasteiger partial charge >= 0.3 is 0 Å². The Kier molecular flexibility index (Phi) is 5.71. The summed E-state index contributed by atoms with van der Waals surface area (Å²) in [4.78, 5) is 0. The molecule has 0 aliphatic rings. The number of halogens is 1. The Morgan fingerprint density at radius 1 is 1.50 bits per heavy atom. The van der Waals surface area contributed by atoms with E-state index in [0.29, 0.717) is 6.61 Å². The van der Waals surface area contributed by atoms with Crippen LogP contribution >= 0.6 is 12.4 Å². The van der Waals surface area contributed by atoms with Gasteiger partial charge in [0.2, 0.25) is 0 Å². The van der Waals surface area contributed by atoms with Gasteiger partial charge in [-0.1, -0.05) is 0 Å². The Morgan fingerprint density at radius 3 is 1.88 bits per heavy atom. The fourth-order valence-electron chi connectivity index (χ4n) is 0.372. The summed E-state index contributed by atoms with van der Waals surface area (Å²) in [7, 11) is 1.65. The van der Waals surface area contributed by atoms with Crippen LogP contribution < -0.4 is 5.73 Å². The van der Waals surface area contributed by atoms with Crippen LogP contribution in [0.15, 0.2) is 0 Å². The average Bonchev–Trinajstić information content (AvgIpc) is 1.30. The lowest BCUT2D eigenvalue weighted by atomic mass is 10.1. The molecule has 3 heteroatoms. The van der Waals surface area contributed by atoms with Crippen LogP contribution in [0.5, 0.6) is 0 Å². The van der Waals surface area contributed by atoms with E-state index in [4.69, 9.17) is 10.5 Å². The third kappa shape index (κ3) is 9.51. The number of rotatable bonds is 2. The number of nitrogens with two attached hydrogens (primary N) is 1. The van der Waals surface area contributed by atoms with Gasteiger partial charge < -0.3 is 10.5 Å². The molecule has 0 atom stereocenters. The van der Waals surface area contributed by atoms with Crippen LogP contribution in [0, 0.1) is 0 Å². The highest BCUT2D eigenvalue weighted by molar-refractivity contribution is 5.85. The number of hydrogen-bond donors (Lipinski definition) is 1. The Balaban J connectivity index is 0. The van der Waals surface area contributed by atoms with Crippen molar-refractivity contribution in [1.82, 2.24) is 0 Å². The molecule has 0 fully saturated rings. The van der Waals surface area contributed by atoms with Crippen LogP contribution in [0.25, 0.3) is 0 Å². The highest BCUT2D eigenvalue weighted by atomic mass is 35.5. The molecule has 0 aromatic carbocycles. The molecule has 0 amide bonds. The maximum Gasteiger partial charge on any atom is 0.0636 e. The topological polar surface area (TPSA) is 35.2 Å². The summed E-state index contributed by atoms with van der Waals surface area (Å²) >= 11 is 0. The summed E-state index contributed by atoms with van der Waals surface area (Å²) < 4.78 is 4.78. The fourth-order valence-corrected chi connectivity index (χ4v) is 0.372. The van der Waals surface area contributed by atoms with Crippen molar-refractivity contribution >= 4 is 12.4 Å². The Morgan fingerprint density at radius 2 is 1.88 bits per heavy atom. The maximum absolute atomic E-state index is 5.52. The molecule has 0 aromatic rings. The first-order chi connectivity index (χ1) is 3.06. The zero-order valence-electron chi connectivity index (χ0n) is 5.60. The number of hydrogen-bond acceptors (Lipinski definition) is 2. The van der Waals surface area contributed by atoms with E-state index in [1.165, 1.54) is 0 Å². The highest BCUT2D eigenvalue weighted by Gasteiger charge is 2.07. The van der Waals surface area contributed by atoms with Crippen LogP contribution in [0.2, 0.25) is 0 Å². The minimum absolute atomic E-state index is 0. The molecule has 0 aliphatic carbocycles. The molecule has 0 spiro atoms. The molecular weight excluding hydrogens is 126 g/mol. The van der Waals surface area contributed by atoms with E-state index in [9.17, 15) is 0 Å². The van der Waals surface area contributed by atoms with E-state index in [1.807, 2.05) is 13.8 Å². The van der Waals surface area contributed by atoms with Crippen LogP contribution in [-0.4, -0.2) is 19.3 Å². The Bertz CT molecular complexity index is 50.9. The molecule has 0 saturated carbocycles. The van der Waals surface area contributed by atoms with Gasteiger partial charge in [0.25, 0.3) is 0 Å². The lowest BCUT2D eigenvalue weighted by molar-refractivity contribution is 0.149. The molecule has 0 radical (unpaired) electrons. The Hall–Kier alpha value is 0.210. The molecule has 0 unspecified atom stereocenters.